The minimum atomic E-state index is -3.56. The predicted octanol–water partition coefficient (Wildman–Crippen LogP) is 1.68. The van der Waals surface area contributed by atoms with Crippen LogP contribution in [0.5, 0.6) is 0 Å². The molecule has 23 heavy (non-hydrogen) atoms. The lowest BCUT2D eigenvalue weighted by atomic mass is 10.2. The van der Waals surface area contributed by atoms with Gasteiger partial charge in [-0.1, -0.05) is 12.1 Å². The predicted molar refractivity (Wildman–Crippen MR) is 90.0 cm³/mol. The van der Waals surface area contributed by atoms with Crippen molar-refractivity contribution in [1.29, 1.82) is 0 Å². The van der Waals surface area contributed by atoms with Crippen LogP contribution in [-0.2, 0) is 16.6 Å². The summed E-state index contributed by atoms with van der Waals surface area (Å²) in [7, 11) is -0.659. The first-order chi connectivity index (χ1) is 10.4. The largest absolute Gasteiger partial charge is 0.348 e. The Kier molecular flexibility index (Phi) is 6.68. The fraction of sp³-hybridized carbons (Fsp3) is 0.200. The minimum Gasteiger partial charge on any atom is -0.348 e. The Balaban J connectivity index is 0.00000264. The number of rotatable bonds is 5. The van der Waals surface area contributed by atoms with Crippen molar-refractivity contribution in [3.8, 4) is 0 Å². The van der Waals surface area contributed by atoms with Gasteiger partial charge in [-0.15, -0.1) is 12.4 Å². The second-order valence-electron chi connectivity index (χ2n) is 4.86. The van der Waals surface area contributed by atoms with Gasteiger partial charge in [0.05, 0.1) is 4.90 Å². The van der Waals surface area contributed by atoms with E-state index in [-0.39, 0.29) is 23.2 Å². The summed E-state index contributed by atoms with van der Waals surface area (Å²) < 4.78 is 25.3. The smallest absolute Gasteiger partial charge is 0.251 e. The molecule has 8 heteroatoms. The molecule has 124 valence electrons. The molecule has 0 atom stereocenters. The van der Waals surface area contributed by atoms with E-state index >= 15 is 0 Å². The van der Waals surface area contributed by atoms with E-state index in [0.717, 1.165) is 9.87 Å². The van der Waals surface area contributed by atoms with E-state index in [2.05, 4.69) is 10.3 Å². The summed E-state index contributed by atoms with van der Waals surface area (Å²) in [4.78, 5) is 16.2. The van der Waals surface area contributed by atoms with Gasteiger partial charge in [0.25, 0.3) is 5.91 Å². The number of hydrogen-bond donors (Lipinski definition) is 1. The molecule has 0 bridgehead atoms. The summed E-state index contributed by atoms with van der Waals surface area (Å²) >= 11 is 0. The van der Waals surface area contributed by atoms with Gasteiger partial charge in [-0.25, -0.2) is 12.7 Å². The number of hydrogen-bond acceptors (Lipinski definition) is 4. The van der Waals surface area contributed by atoms with Gasteiger partial charge < -0.3 is 5.32 Å². The number of aromatic nitrogens is 1. The van der Waals surface area contributed by atoms with Crippen LogP contribution < -0.4 is 5.32 Å². The minimum absolute atomic E-state index is 0. The number of pyridine rings is 1. The Hall–Kier alpha value is -1.96. The molecule has 1 heterocycles. The summed E-state index contributed by atoms with van der Waals surface area (Å²) in [5, 5.41) is 2.74. The van der Waals surface area contributed by atoms with E-state index < -0.39 is 10.0 Å². The quantitative estimate of drug-likeness (QED) is 0.885. The third kappa shape index (κ3) is 4.75. The zero-order valence-corrected chi connectivity index (χ0v) is 14.4. The fourth-order valence-corrected chi connectivity index (χ4v) is 2.74. The highest BCUT2D eigenvalue weighted by Crippen LogP contribution is 2.15. The normalized spacial score (nSPS) is 10.9. The average Bonchev–Trinajstić information content (AvgIpc) is 2.53. The van der Waals surface area contributed by atoms with Crippen LogP contribution in [-0.4, -0.2) is 37.7 Å². The highest BCUT2D eigenvalue weighted by atomic mass is 35.5. The van der Waals surface area contributed by atoms with Crippen LogP contribution in [0.4, 0.5) is 0 Å². The van der Waals surface area contributed by atoms with Crippen molar-refractivity contribution in [3.05, 3.63) is 59.9 Å². The van der Waals surface area contributed by atoms with Gasteiger partial charge in [0, 0.05) is 38.6 Å². The molecule has 6 nitrogen and oxygen atoms in total. The summed E-state index contributed by atoms with van der Waals surface area (Å²) in [6.07, 6.45) is 3.31. The highest BCUT2D eigenvalue weighted by molar-refractivity contribution is 7.89. The molecule has 0 aliphatic heterocycles. The number of halogens is 1. The van der Waals surface area contributed by atoms with Crippen molar-refractivity contribution in [2.45, 2.75) is 11.4 Å². The summed E-state index contributed by atoms with van der Waals surface area (Å²) in [5.74, 6) is -0.334. The van der Waals surface area contributed by atoms with Gasteiger partial charge in [-0.3, -0.25) is 9.78 Å². The van der Waals surface area contributed by atoms with E-state index in [1.807, 2.05) is 6.07 Å². The Morgan fingerprint density at radius 3 is 2.57 bits per heavy atom. The lowest BCUT2D eigenvalue weighted by molar-refractivity contribution is 0.0950. The maximum Gasteiger partial charge on any atom is 0.251 e. The summed E-state index contributed by atoms with van der Waals surface area (Å²) in [6, 6.07) is 9.59. The molecule has 0 saturated heterocycles. The Bertz CT molecular complexity index is 765. The van der Waals surface area contributed by atoms with Crippen LogP contribution in [0.3, 0.4) is 0 Å². The van der Waals surface area contributed by atoms with E-state index in [1.165, 1.54) is 26.2 Å². The van der Waals surface area contributed by atoms with Crippen molar-refractivity contribution < 1.29 is 13.2 Å². The van der Waals surface area contributed by atoms with Crippen molar-refractivity contribution in [2.75, 3.05) is 14.1 Å². The van der Waals surface area contributed by atoms with Crippen LogP contribution in [0, 0.1) is 0 Å². The number of sulfonamides is 1. The zero-order chi connectivity index (χ0) is 16.2. The van der Waals surface area contributed by atoms with Crippen LogP contribution in [0.25, 0.3) is 0 Å². The summed E-state index contributed by atoms with van der Waals surface area (Å²) in [6.45, 7) is 0.331. The van der Waals surface area contributed by atoms with Crippen LogP contribution in [0.2, 0.25) is 0 Å². The molecular weight excluding hydrogens is 338 g/mol. The molecule has 2 aromatic rings. The Labute approximate surface area is 142 Å². The van der Waals surface area contributed by atoms with Gasteiger partial charge in [0.1, 0.15) is 0 Å². The molecule has 1 amide bonds. The van der Waals surface area contributed by atoms with Crippen LogP contribution in [0.15, 0.2) is 53.7 Å². The van der Waals surface area contributed by atoms with E-state index in [1.54, 1.807) is 30.6 Å². The average molecular weight is 356 g/mol. The van der Waals surface area contributed by atoms with Crippen molar-refractivity contribution in [1.82, 2.24) is 14.6 Å². The van der Waals surface area contributed by atoms with Gasteiger partial charge >= 0.3 is 0 Å². The van der Waals surface area contributed by atoms with E-state index in [4.69, 9.17) is 0 Å². The third-order valence-corrected chi connectivity index (χ3v) is 4.86. The molecule has 0 saturated carbocycles. The molecule has 0 aliphatic carbocycles. The molecular formula is C15H18ClN3O3S. The van der Waals surface area contributed by atoms with Crippen molar-refractivity contribution in [3.63, 3.8) is 0 Å². The molecule has 0 aliphatic rings. The number of amides is 1. The first kappa shape index (κ1) is 19.1. The molecule has 2 rings (SSSR count). The van der Waals surface area contributed by atoms with E-state index in [9.17, 15) is 13.2 Å². The lowest BCUT2D eigenvalue weighted by Crippen LogP contribution is -2.25. The molecule has 1 aromatic heterocycles. The van der Waals surface area contributed by atoms with E-state index in [0.29, 0.717) is 12.1 Å². The lowest BCUT2D eigenvalue weighted by Gasteiger charge is -2.12. The Morgan fingerprint density at radius 2 is 1.96 bits per heavy atom. The third-order valence-electron chi connectivity index (χ3n) is 3.05. The summed E-state index contributed by atoms with van der Waals surface area (Å²) in [5.41, 5.74) is 1.17. The van der Waals surface area contributed by atoms with Gasteiger partial charge in [0.15, 0.2) is 0 Å². The molecule has 0 spiro atoms. The topological polar surface area (TPSA) is 79.4 Å². The number of benzene rings is 1. The van der Waals surface area contributed by atoms with Crippen molar-refractivity contribution in [2.24, 2.45) is 0 Å². The fourth-order valence-electron chi connectivity index (χ4n) is 1.80. The standard InChI is InChI=1S/C15H17N3O3S.ClH/c1-18(2)22(20,21)14-7-3-6-13(9-14)15(19)17-11-12-5-4-8-16-10-12;/h3-10H,11H2,1-2H3,(H,17,19);1H. The van der Waals surface area contributed by atoms with Gasteiger partial charge in [-0.05, 0) is 29.8 Å². The number of carbonyl (C=O) groups excluding carboxylic acids is 1. The van der Waals surface area contributed by atoms with Gasteiger partial charge in [-0.2, -0.15) is 0 Å². The van der Waals surface area contributed by atoms with Crippen LogP contribution >= 0.6 is 12.4 Å². The highest BCUT2D eigenvalue weighted by Gasteiger charge is 2.18. The maximum atomic E-state index is 12.1. The van der Waals surface area contributed by atoms with Gasteiger partial charge in [0.2, 0.25) is 10.0 Å². The SMILES string of the molecule is CN(C)S(=O)(=O)c1cccc(C(=O)NCc2cccnc2)c1.Cl. The first-order valence-corrected chi connectivity index (χ1v) is 8.05. The first-order valence-electron chi connectivity index (χ1n) is 6.61. The van der Waals surface area contributed by atoms with Crippen molar-refractivity contribution >= 4 is 28.3 Å². The molecule has 0 radical (unpaired) electrons. The van der Waals surface area contributed by atoms with Crippen LogP contribution in [0.1, 0.15) is 15.9 Å². The molecule has 1 N–H and O–H groups in total. The monoisotopic (exact) mass is 355 g/mol. The second-order valence-corrected chi connectivity index (χ2v) is 7.01. The second kappa shape index (κ2) is 8.05. The maximum absolute atomic E-state index is 12.1. The molecule has 0 unspecified atom stereocenters. The Morgan fingerprint density at radius 1 is 1.22 bits per heavy atom. The zero-order valence-electron chi connectivity index (χ0n) is 12.8. The molecule has 1 aromatic carbocycles. The number of carbonyl (C=O) groups is 1. The number of nitrogens with zero attached hydrogens (tertiary/aromatic N) is 2. The molecule has 0 fully saturated rings. The number of nitrogens with one attached hydrogen (secondary N) is 1.